The summed E-state index contributed by atoms with van der Waals surface area (Å²) in [4.78, 5) is 13.8. The van der Waals surface area contributed by atoms with Crippen molar-refractivity contribution in [2.24, 2.45) is 0 Å². The molecule has 0 bridgehead atoms. The number of rotatable bonds is 8. The van der Waals surface area contributed by atoms with E-state index >= 15 is 0 Å². The van der Waals surface area contributed by atoms with Gasteiger partial charge in [0.2, 0.25) is 0 Å². The second kappa shape index (κ2) is 9.40. The molecular formula is C22H24BNO4. The van der Waals surface area contributed by atoms with Gasteiger partial charge in [-0.1, -0.05) is 48.5 Å². The first-order valence-corrected chi connectivity index (χ1v) is 9.22. The fourth-order valence-electron chi connectivity index (χ4n) is 3.29. The van der Waals surface area contributed by atoms with Gasteiger partial charge >= 0.3 is 13.7 Å². The standard InChI is InChI=1S/C22H24BNO4/c1-16(25)27-22(20-11-10-18-7-3-4-8-19(18)13-20)15-24(2)14-17-6-5-9-21(12-17)28-23-26/h3-13,22-23,26H,14-15H2,1-2H3. The van der Waals surface area contributed by atoms with Crippen molar-refractivity contribution in [2.45, 2.75) is 19.6 Å². The lowest BCUT2D eigenvalue weighted by atomic mass is 10.0. The fourth-order valence-corrected chi connectivity index (χ4v) is 3.29. The number of likely N-dealkylation sites (N-methyl/N-ethyl adjacent to an activating group) is 1. The highest BCUT2D eigenvalue weighted by molar-refractivity contribution is 6.17. The predicted octanol–water partition coefficient (Wildman–Crippen LogP) is 3.21. The predicted molar refractivity (Wildman–Crippen MR) is 111 cm³/mol. The molecule has 0 fully saturated rings. The second-order valence-electron chi connectivity index (χ2n) is 6.82. The molecule has 0 aromatic heterocycles. The van der Waals surface area contributed by atoms with E-state index in [9.17, 15) is 4.79 Å². The Bertz CT molecular complexity index is 946. The van der Waals surface area contributed by atoms with Crippen molar-refractivity contribution in [3.63, 3.8) is 0 Å². The van der Waals surface area contributed by atoms with Gasteiger partial charge in [-0.15, -0.1) is 0 Å². The van der Waals surface area contributed by atoms with Crippen LogP contribution in [0, 0.1) is 0 Å². The molecule has 28 heavy (non-hydrogen) atoms. The van der Waals surface area contributed by atoms with Crippen molar-refractivity contribution in [1.29, 1.82) is 0 Å². The number of esters is 1. The van der Waals surface area contributed by atoms with Crippen molar-refractivity contribution in [1.82, 2.24) is 4.90 Å². The van der Waals surface area contributed by atoms with Gasteiger partial charge in [0.25, 0.3) is 0 Å². The summed E-state index contributed by atoms with van der Waals surface area (Å²) in [6, 6.07) is 21.9. The molecule has 0 aliphatic heterocycles. The number of fused-ring (bicyclic) bond motifs is 1. The molecule has 0 saturated heterocycles. The molecule has 1 N–H and O–H groups in total. The fraction of sp³-hybridized carbons (Fsp3) is 0.227. The van der Waals surface area contributed by atoms with E-state index in [1.54, 1.807) is 6.07 Å². The number of benzene rings is 3. The lowest BCUT2D eigenvalue weighted by molar-refractivity contribution is -0.147. The number of carbonyl (C=O) groups excluding carboxylic acids is 1. The van der Waals surface area contributed by atoms with Crippen LogP contribution in [-0.2, 0) is 16.1 Å². The summed E-state index contributed by atoms with van der Waals surface area (Å²) in [7, 11) is 1.63. The van der Waals surface area contributed by atoms with Gasteiger partial charge in [0, 0.05) is 20.0 Å². The van der Waals surface area contributed by atoms with E-state index in [0.717, 1.165) is 21.9 Å². The number of carbonyl (C=O) groups is 1. The third-order valence-corrected chi connectivity index (χ3v) is 4.51. The zero-order valence-corrected chi connectivity index (χ0v) is 16.2. The third kappa shape index (κ3) is 5.34. The molecule has 0 aliphatic rings. The van der Waals surface area contributed by atoms with E-state index in [4.69, 9.17) is 14.4 Å². The molecule has 3 aromatic rings. The summed E-state index contributed by atoms with van der Waals surface area (Å²) in [5.74, 6) is 0.323. The highest BCUT2D eigenvalue weighted by Crippen LogP contribution is 2.24. The third-order valence-electron chi connectivity index (χ3n) is 4.51. The van der Waals surface area contributed by atoms with Crippen LogP contribution in [0.4, 0.5) is 0 Å². The van der Waals surface area contributed by atoms with Crippen molar-refractivity contribution in [2.75, 3.05) is 13.6 Å². The largest absolute Gasteiger partial charge is 0.539 e. The summed E-state index contributed by atoms with van der Waals surface area (Å²) in [5.41, 5.74) is 2.02. The minimum Gasteiger partial charge on any atom is -0.539 e. The molecule has 0 spiro atoms. The molecule has 0 amide bonds. The van der Waals surface area contributed by atoms with Crippen molar-refractivity contribution in [3.8, 4) is 5.75 Å². The smallest absolute Gasteiger partial charge is 0.504 e. The Hall–Kier alpha value is -2.83. The maximum absolute atomic E-state index is 11.7. The van der Waals surface area contributed by atoms with Crippen LogP contribution in [0.5, 0.6) is 5.75 Å². The first-order valence-electron chi connectivity index (χ1n) is 9.22. The van der Waals surface area contributed by atoms with Crippen LogP contribution in [0.1, 0.15) is 24.2 Å². The maximum atomic E-state index is 11.7. The highest BCUT2D eigenvalue weighted by atomic mass is 16.5. The Labute approximate surface area is 165 Å². The van der Waals surface area contributed by atoms with Crippen LogP contribution in [0.2, 0.25) is 0 Å². The molecule has 0 aliphatic carbocycles. The van der Waals surface area contributed by atoms with E-state index in [1.165, 1.54) is 6.92 Å². The Morgan fingerprint density at radius 3 is 2.61 bits per heavy atom. The lowest BCUT2D eigenvalue weighted by Crippen LogP contribution is -2.26. The van der Waals surface area contributed by atoms with Crippen LogP contribution in [0.3, 0.4) is 0 Å². The van der Waals surface area contributed by atoms with Crippen LogP contribution >= 0.6 is 0 Å². The van der Waals surface area contributed by atoms with Crippen LogP contribution in [0.25, 0.3) is 10.8 Å². The van der Waals surface area contributed by atoms with E-state index in [-0.39, 0.29) is 19.8 Å². The Balaban J connectivity index is 1.75. The van der Waals surface area contributed by atoms with Gasteiger partial charge in [0.1, 0.15) is 11.9 Å². The summed E-state index contributed by atoms with van der Waals surface area (Å²) in [5, 5.41) is 11.2. The second-order valence-corrected chi connectivity index (χ2v) is 6.82. The number of ether oxygens (including phenoxy) is 1. The molecule has 1 atom stereocenters. The molecule has 144 valence electrons. The van der Waals surface area contributed by atoms with Crippen LogP contribution in [0.15, 0.2) is 66.7 Å². The Kier molecular flexibility index (Phi) is 6.69. The number of hydrogen-bond acceptors (Lipinski definition) is 5. The molecule has 3 rings (SSSR count). The van der Waals surface area contributed by atoms with Gasteiger partial charge in [0.05, 0.1) is 0 Å². The molecule has 0 saturated carbocycles. The van der Waals surface area contributed by atoms with Crippen molar-refractivity contribution in [3.05, 3.63) is 77.9 Å². The van der Waals surface area contributed by atoms with E-state index in [2.05, 4.69) is 29.2 Å². The zero-order valence-electron chi connectivity index (χ0n) is 16.2. The van der Waals surface area contributed by atoms with Crippen LogP contribution < -0.4 is 4.65 Å². The van der Waals surface area contributed by atoms with Gasteiger partial charge < -0.3 is 14.4 Å². The number of nitrogens with zero attached hydrogens (tertiary/aromatic N) is 1. The molecule has 3 aromatic carbocycles. The minimum atomic E-state index is -0.357. The quantitative estimate of drug-likeness (QED) is 0.483. The van der Waals surface area contributed by atoms with Gasteiger partial charge in [-0.05, 0) is 47.1 Å². The SMILES string of the molecule is CC(=O)OC(CN(C)Cc1cccc(OBO)c1)c1ccc2ccccc2c1. The normalized spacial score (nSPS) is 12.0. The molecule has 5 nitrogen and oxygen atoms in total. The van der Waals surface area contributed by atoms with Gasteiger partial charge in [0.15, 0.2) is 0 Å². The van der Waals surface area contributed by atoms with E-state index in [1.807, 2.05) is 43.4 Å². The lowest BCUT2D eigenvalue weighted by Gasteiger charge is -2.24. The van der Waals surface area contributed by atoms with Crippen LogP contribution in [-0.4, -0.2) is 37.2 Å². The molecular weight excluding hydrogens is 353 g/mol. The molecule has 0 heterocycles. The summed E-state index contributed by atoms with van der Waals surface area (Å²) in [6.45, 7) is 2.65. The monoisotopic (exact) mass is 377 g/mol. The highest BCUT2D eigenvalue weighted by Gasteiger charge is 2.18. The number of hydrogen-bond donors (Lipinski definition) is 1. The van der Waals surface area contributed by atoms with Crippen molar-refractivity contribution < 1.29 is 19.2 Å². The van der Waals surface area contributed by atoms with Gasteiger partial charge in [-0.25, -0.2) is 0 Å². The van der Waals surface area contributed by atoms with Crippen molar-refractivity contribution >= 4 is 24.4 Å². The van der Waals surface area contributed by atoms with E-state index in [0.29, 0.717) is 18.8 Å². The topological polar surface area (TPSA) is 59.0 Å². The Morgan fingerprint density at radius 2 is 1.86 bits per heavy atom. The summed E-state index contributed by atoms with van der Waals surface area (Å²) in [6.07, 6.45) is -0.357. The molecule has 0 radical (unpaired) electrons. The average Bonchev–Trinajstić information content (AvgIpc) is 2.67. The van der Waals surface area contributed by atoms with Gasteiger partial charge in [-0.2, -0.15) is 0 Å². The summed E-state index contributed by atoms with van der Waals surface area (Å²) < 4.78 is 10.8. The Morgan fingerprint density at radius 1 is 1.07 bits per heavy atom. The van der Waals surface area contributed by atoms with E-state index < -0.39 is 0 Å². The zero-order chi connectivity index (χ0) is 19.9. The first kappa shape index (κ1) is 19.9. The average molecular weight is 377 g/mol. The molecule has 1 unspecified atom stereocenters. The minimum absolute atomic E-state index is 0.301. The van der Waals surface area contributed by atoms with Gasteiger partial charge in [-0.3, -0.25) is 9.69 Å². The maximum Gasteiger partial charge on any atom is 0.504 e. The molecule has 6 heteroatoms. The summed E-state index contributed by atoms with van der Waals surface area (Å²) >= 11 is 0. The first-order chi connectivity index (χ1) is 13.5.